The van der Waals surface area contributed by atoms with Crippen LogP contribution in [0.1, 0.15) is 24.8 Å². The third-order valence-corrected chi connectivity index (χ3v) is 4.51. The second kappa shape index (κ2) is 7.79. The first-order valence-corrected chi connectivity index (χ1v) is 8.49. The number of amides is 2. The van der Waals surface area contributed by atoms with Crippen LogP contribution >= 0.6 is 0 Å². The number of likely N-dealkylation sites (tertiary alicyclic amines) is 1. The van der Waals surface area contributed by atoms with Gasteiger partial charge in [0.15, 0.2) is 0 Å². The standard InChI is InChI=1S/C19H21N3O3/c23-19(20-16-9-6-11-18(14-16)22(24)25)21-12-5-4-10-17(21)13-15-7-2-1-3-8-15/h1-3,6-9,11,14,17H,4-5,10,12-13H2,(H,20,23). The average molecular weight is 339 g/mol. The van der Waals surface area contributed by atoms with E-state index in [2.05, 4.69) is 17.4 Å². The Morgan fingerprint density at radius 1 is 1.16 bits per heavy atom. The van der Waals surface area contributed by atoms with Gasteiger partial charge in [-0.2, -0.15) is 0 Å². The molecule has 1 heterocycles. The van der Waals surface area contributed by atoms with Crippen LogP contribution in [0.15, 0.2) is 54.6 Å². The third-order valence-electron chi connectivity index (χ3n) is 4.51. The number of non-ortho nitro benzene ring substituents is 1. The van der Waals surface area contributed by atoms with Crippen LogP contribution in [0, 0.1) is 10.1 Å². The summed E-state index contributed by atoms with van der Waals surface area (Å²) in [6.45, 7) is 0.707. The predicted octanol–water partition coefficient (Wildman–Crippen LogP) is 4.22. The fraction of sp³-hybridized carbons (Fsp3) is 0.316. The topological polar surface area (TPSA) is 75.5 Å². The zero-order valence-electron chi connectivity index (χ0n) is 13.9. The number of nitrogens with zero attached hydrogens (tertiary/aromatic N) is 2. The van der Waals surface area contributed by atoms with Gasteiger partial charge >= 0.3 is 6.03 Å². The van der Waals surface area contributed by atoms with Crippen molar-refractivity contribution >= 4 is 17.4 Å². The van der Waals surface area contributed by atoms with Crippen LogP contribution in [0.25, 0.3) is 0 Å². The van der Waals surface area contributed by atoms with E-state index in [0.29, 0.717) is 12.2 Å². The Morgan fingerprint density at radius 2 is 1.96 bits per heavy atom. The first kappa shape index (κ1) is 17.0. The number of benzene rings is 2. The summed E-state index contributed by atoms with van der Waals surface area (Å²) in [4.78, 5) is 25.0. The molecule has 0 aliphatic carbocycles. The van der Waals surface area contributed by atoms with Gasteiger partial charge in [0.05, 0.1) is 4.92 Å². The van der Waals surface area contributed by atoms with Crippen molar-refractivity contribution in [1.29, 1.82) is 0 Å². The van der Waals surface area contributed by atoms with Gasteiger partial charge in [0.2, 0.25) is 0 Å². The number of anilines is 1. The number of hydrogen-bond acceptors (Lipinski definition) is 3. The van der Waals surface area contributed by atoms with Gasteiger partial charge in [0, 0.05) is 30.4 Å². The lowest BCUT2D eigenvalue weighted by Crippen LogP contribution is -2.46. The molecule has 25 heavy (non-hydrogen) atoms. The Morgan fingerprint density at radius 3 is 2.72 bits per heavy atom. The Bertz CT molecular complexity index is 749. The second-order valence-electron chi connectivity index (χ2n) is 6.27. The number of nitro groups is 1. The van der Waals surface area contributed by atoms with E-state index < -0.39 is 4.92 Å². The summed E-state index contributed by atoms with van der Waals surface area (Å²) in [5.74, 6) is 0. The van der Waals surface area contributed by atoms with E-state index in [1.54, 1.807) is 12.1 Å². The zero-order valence-corrected chi connectivity index (χ0v) is 13.9. The van der Waals surface area contributed by atoms with Crippen LogP contribution < -0.4 is 5.32 Å². The summed E-state index contributed by atoms with van der Waals surface area (Å²) >= 11 is 0. The minimum absolute atomic E-state index is 0.0303. The maximum absolute atomic E-state index is 12.7. The maximum Gasteiger partial charge on any atom is 0.322 e. The number of carbonyl (C=O) groups excluding carboxylic acids is 1. The molecule has 2 amide bonds. The van der Waals surface area contributed by atoms with Crippen molar-refractivity contribution in [1.82, 2.24) is 4.90 Å². The van der Waals surface area contributed by atoms with E-state index in [0.717, 1.165) is 25.7 Å². The molecule has 1 unspecified atom stereocenters. The van der Waals surface area contributed by atoms with Gasteiger partial charge in [0.25, 0.3) is 5.69 Å². The van der Waals surface area contributed by atoms with Crippen LogP contribution in [-0.4, -0.2) is 28.4 Å². The van der Waals surface area contributed by atoms with Crippen molar-refractivity contribution in [2.24, 2.45) is 0 Å². The predicted molar refractivity (Wildman–Crippen MR) is 96.6 cm³/mol. The molecule has 1 N–H and O–H groups in total. The number of piperidine rings is 1. The Balaban J connectivity index is 1.70. The summed E-state index contributed by atoms with van der Waals surface area (Å²) in [6, 6.07) is 16.1. The average Bonchev–Trinajstić information content (AvgIpc) is 2.63. The van der Waals surface area contributed by atoms with E-state index >= 15 is 0 Å². The number of nitrogens with one attached hydrogen (secondary N) is 1. The summed E-state index contributed by atoms with van der Waals surface area (Å²) in [7, 11) is 0. The maximum atomic E-state index is 12.7. The van der Waals surface area contributed by atoms with Crippen LogP contribution in [0.2, 0.25) is 0 Å². The fourth-order valence-corrected chi connectivity index (χ4v) is 3.26. The highest BCUT2D eigenvalue weighted by Crippen LogP contribution is 2.23. The highest BCUT2D eigenvalue weighted by Gasteiger charge is 2.27. The Labute approximate surface area is 146 Å². The molecular formula is C19H21N3O3. The van der Waals surface area contributed by atoms with Gasteiger partial charge in [-0.3, -0.25) is 10.1 Å². The van der Waals surface area contributed by atoms with Crippen molar-refractivity contribution in [2.45, 2.75) is 31.7 Å². The Kier molecular flexibility index (Phi) is 5.28. The quantitative estimate of drug-likeness (QED) is 0.669. The lowest BCUT2D eigenvalue weighted by atomic mass is 9.96. The molecule has 130 valence electrons. The largest absolute Gasteiger partial charge is 0.322 e. The molecule has 1 fully saturated rings. The molecule has 3 rings (SSSR count). The van der Waals surface area contributed by atoms with Crippen LogP contribution in [0.5, 0.6) is 0 Å². The highest BCUT2D eigenvalue weighted by atomic mass is 16.6. The van der Waals surface area contributed by atoms with Crippen LogP contribution in [0.4, 0.5) is 16.2 Å². The molecule has 0 aromatic heterocycles. The first-order chi connectivity index (χ1) is 12.1. The van der Waals surface area contributed by atoms with Crippen molar-refractivity contribution in [3.8, 4) is 0 Å². The lowest BCUT2D eigenvalue weighted by molar-refractivity contribution is -0.384. The molecule has 1 atom stereocenters. The zero-order chi connectivity index (χ0) is 17.6. The van der Waals surface area contributed by atoms with E-state index in [4.69, 9.17) is 0 Å². The fourth-order valence-electron chi connectivity index (χ4n) is 3.26. The monoisotopic (exact) mass is 339 g/mol. The molecule has 2 aromatic carbocycles. The normalized spacial score (nSPS) is 17.1. The third kappa shape index (κ3) is 4.35. The molecule has 6 heteroatoms. The molecule has 1 aliphatic rings. The number of nitro benzene ring substituents is 1. The molecular weight excluding hydrogens is 318 g/mol. The summed E-state index contributed by atoms with van der Waals surface area (Å²) in [5, 5.41) is 13.7. The summed E-state index contributed by atoms with van der Waals surface area (Å²) in [5.41, 5.74) is 1.63. The highest BCUT2D eigenvalue weighted by molar-refractivity contribution is 5.90. The second-order valence-corrected chi connectivity index (χ2v) is 6.27. The van der Waals surface area contributed by atoms with Crippen molar-refractivity contribution in [3.63, 3.8) is 0 Å². The minimum atomic E-state index is -0.464. The van der Waals surface area contributed by atoms with E-state index in [1.165, 1.54) is 17.7 Å². The molecule has 0 radical (unpaired) electrons. The minimum Gasteiger partial charge on any atom is -0.321 e. The van der Waals surface area contributed by atoms with Gasteiger partial charge in [-0.1, -0.05) is 36.4 Å². The molecule has 0 saturated carbocycles. The van der Waals surface area contributed by atoms with Crippen LogP contribution in [0.3, 0.4) is 0 Å². The van der Waals surface area contributed by atoms with Gasteiger partial charge in [0.1, 0.15) is 0 Å². The van der Waals surface area contributed by atoms with Gasteiger partial charge in [-0.15, -0.1) is 0 Å². The van der Waals surface area contributed by atoms with Crippen molar-refractivity contribution in [2.75, 3.05) is 11.9 Å². The van der Waals surface area contributed by atoms with Crippen molar-refractivity contribution in [3.05, 3.63) is 70.3 Å². The van der Waals surface area contributed by atoms with Crippen molar-refractivity contribution < 1.29 is 9.72 Å². The van der Waals surface area contributed by atoms with Crippen LogP contribution in [-0.2, 0) is 6.42 Å². The molecule has 6 nitrogen and oxygen atoms in total. The van der Waals surface area contributed by atoms with Gasteiger partial charge in [-0.05, 0) is 37.3 Å². The van der Waals surface area contributed by atoms with Gasteiger partial charge < -0.3 is 10.2 Å². The lowest BCUT2D eigenvalue weighted by Gasteiger charge is -2.36. The smallest absolute Gasteiger partial charge is 0.321 e. The first-order valence-electron chi connectivity index (χ1n) is 8.49. The summed E-state index contributed by atoms with van der Waals surface area (Å²) < 4.78 is 0. The summed E-state index contributed by atoms with van der Waals surface area (Å²) in [6.07, 6.45) is 3.88. The number of rotatable bonds is 4. The van der Waals surface area contributed by atoms with E-state index in [9.17, 15) is 14.9 Å². The van der Waals surface area contributed by atoms with Gasteiger partial charge in [-0.25, -0.2) is 4.79 Å². The molecule has 2 aromatic rings. The Hall–Kier alpha value is -2.89. The molecule has 1 saturated heterocycles. The SMILES string of the molecule is O=C(Nc1cccc([N+](=O)[O-])c1)N1CCCCC1Cc1ccccc1. The number of hydrogen-bond donors (Lipinski definition) is 1. The van der Waals surface area contributed by atoms with E-state index in [1.807, 2.05) is 23.1 Å². The molecule has 1 aliphatic heterocycles. The molecule has 0 bridgehead atoms. The molecule has 0 spiro atoms. The number of carbonyl (C=O) groups is 1. The van der Waals surface area contributed by atoms with E-state index in [-0.39, 0.29) is 17.8 Å². The number of urea groups is 1.